The van der Waals surface area contributed by atoms with Gasteiger partial charge in [-0.15, -0.1) is 11.6 Å². The number of rotatable bonds is 1. The highest BCUT2D eigenvalue weighted by atomic mass is 35.5. The minimum Gasteiger partial charge on any atom is -0.454 e. The van der Waals surface area contributed by atoms with E-state index < -0.39 is 5.63 Å². The first kappa shape index (κ1) is 9.54. The van der Waals surface area contributed by atoms with E-state index in [2.05, 4.69) is 0 Å². The zero-order chi connectivity index (χ0) is 11.1. The second kappa shape index (κ2) is 3.42. The summed E-state index contributed by atoms with van der Waals surface area (Å²) in [4.78, 5) is 11.3. The van der Waals surface area contributed by atoms with Crippen LogP contribution in [0, 0.1) is 0 Å². The molecule has 0 aliphatic carbocycles. The summed E-state index contributed by atoms with van der Waals surface area (Å²) in [5.74, 6) is 1.48. The molecule has 2 heterocycles. The number of hydrogen-bond donors (Lipinski definition) is 0. The van der Waals surface area contributed by atoms with Crippen molar-refractivity contribution in [3.63, 3.8) is 0 Å². The van der Waals surface area contributed by atoms with Crippen LogP contribution in [0.15, 0.2) is 27.4 Å². The third-order valence-electron chi connectivity index (χ3n) is 2.47. The molecule has 0 unspecified atom stereocenters. The second-order valence-electron chi connectivity index (χ2n) is 3.43. The van der Waals surface area contributed by atoms with Crippen LogP contribution < -0.4 is 15.1 Å². The normalized spacial score (nSPS) is 13.3. The van der Waals surface area contributed by atoms with E-state index in [-0.39, 0.29) is 12.7 Å². The van der Waals surface area contributed by atoms with Gasteiger partial charge >= 0.3 is 5.63 Å². The van der Waals surface area contributed by atoms with E-state index in [1.165, 1.54) is 6.07 Å². The maximum absolute atomic E-state index is 11.3. The van der Waals surface area contributed by atoms with Gasteiger partial charge < -0.3 is 13.9 Å². The van der Waals surface area contributed by atoms with Crippen molar-refractivity contribution in [3.8, 4) is 11.5 Å². The summed E-state index contributed by atoms with van der Waals surface area (Å²) in [5, 5.41) is 0.777. The van der Waals surface area contributed by atoms with E-state index in [0.29, 0.717) is 17.1 Å². The molecular weight excluding hydrogens is 232 g/mol. The summed E-state index contributed by atoms with van der Waals surface area (Å²) in [5.41, 5.74) is 0.778. The molecule has 0 spiro atoms. The van der Waals surface area contributed by atoms with Gasteiger partial charge in [0.2, 0.25) is 6.79 Å². The van der Waals surface area contributed by atoms with Crippen molar-refractivity contribution in [3.05, 3.63) is 34.2 Å². The Hall–Kier alpha value is -1.68. The second-order valence-corrected chi connectivity index (χ2v) is 3.69. The molecule has 1 aromatic carbocycles. The monoisotopic (exact) mass is 238 g/mol. The molecule has 5 heteroatoms. The van der Waals surface area contributed by atoms with Gasteiger partial charge in [-0.05, 0) is 11.6 Å². The fraction of sp³-hybridized carbons (Fsp3) is 0.182. The molecule has 0 saturated heterocycles. The fourth-order valence-electron chi connectivity index (χ4n) is 1.73. The van der Waals surface area contributed by atoms with Gasteiger partial charge in [0.1, 0.15) is 5.58 Å². The quantitative estimate of drug-likeness (QED) is 0.565. The highest BCUT2D eigenvalue weighted by Gasteiger charge is 2.16. The van der Waals surface area contributed by atoms with Crippen molar-refractivity contribution in [2.45, 2.75) is 5.88 Å². The van der Waals surface area contributed by atoms with Crippen molar-refractivity contribution in [2.24, 2.45) is 0 Å². The van der Waals surface area contributed by atoms with Crippen LogP contribution in [0.4, 0.5) is 0 Å². The molecule has 1 aliphatic rings. The SMILES string of the molecule is O=c1cc(CCl)c2cc3c(cc2o1)OCO3. The van der Waals surface area contributed by atoms with E-state index >= 15 is 0 Å². The summed E-state index contributed by atoms with van der Waals surface area (Å²) >= 11 is 5.78. The Morgan fingerprint density at radius 1 is 1.19 bits per heavy atom. The number of fused-ring (bicyclic) bond motifs is 2. The molecule has 0 amide bonds. The van der Waals surface area contributed by atoms with Crippen molar-refractivity contribution in [2.75, 3.05) is 6.79 Å². The molecule has 0 N–H and O–H groups in total. The van der Waals surface area contributed by atoms with Gasteiger partial charge in [0, 0.05) is 23.4 Å². The molecule has 0 saturated carbocycles. The third-order valence-corrected chi connectivity index (χ3v) is 2.76. The minimum absolute atomic E-state index is 0.187. The molecule has 2 aromatic rings. The van der Waals surface area contributed by atoms with Gasteiger partial charge in [0.25, 0.3) is 0 Å². The first-order chi connectivity index (χ1) is 7.78. The van der Waals surface area contributed by atoms with E-state index in [4.69, 9.17) is 25.5 Å². The number of alkyl halides is 1. The predicted molar refractivity (Wildman–Crippen MR) is 58.2 cm³/mol. The molecule has 3 rings (SSSR count). The molecule has 0 fully saturated rings. The van der Waals surface area contributed by atoms with E-state index in [0.717, 1.165) is 10.9 Å². The molecule has 0 bridgehead atoms. The van der Waals surface area contributed by atoms with Crippen molar-refractivity contribution >= 4 is 22.6 Å². The number of hydrogen-bond acceptors (Lipinski definition) is 4. The van der Waals surface area contributed by atoms with Crippen LogP contribution in [0.25, 0.3) is 11.0 Å². The topological polar surface area (TPSA) is 48.7 Å². The van der Waals surface area contributed by atoms with Gasteiger partial charge in [-0.2, -0.15) is 0 Å². The predicted octanol–water partition coefficient (Wildman–Crippen LogP) is 2.26. The number of benzene rings is 1. The molecule has 1 aromatic heterocycles. The standard InChI is InChI=1S/C11H7ClO4/c12-4-6-1-11(13)16-8-3-10-9(2-7(6)8)14-5-15-10/h1-3H,4-5H2. The zero-order valence-electron chi connectivity index (χ0n) is 8.16. The molecular formula is C11H7ClO4. The first-order valence-electron chi connectivity index (χ1n) is 4.70. The highest BCUT2D eigenvalue weighted by Crippen LogP contribution is 2.36. The van der Waals surface area contributed by atoms with Crippen LogP contribution in [-0.2, 0) is 5.88 Å². The summed E-state index contributed by atoms with van der Waals surface area (Å²) in [6.45, 7) is 0.187. The maximum Gasteiger partial charge on any atom is 0.336 e. The Morgan fingerprint density at radius 3 is 2.69 bits per heavy atom. The smallest absolute Gasteiger partial charge is 0.336 e. The zero-order valence-corrected chi connectivity index (χ0v) is 8.91. The average Bonchev–Trinajstić information content (AvgIpc) is 2.72. The van der Waals surface area contributed by atoms with Crippen LogP contribution in [0.1, 0.15) is 5.56 Å². The molecule has 0 atom stereocenters. The van der Waals surface area contributed by atoms with Crippen LogP contribution in [-0.4, -0.2) is 6.79 Å². The highest BCUT2D eigenvalue weighted by molar-refractivity contribution is 6.18. The van der Waals surface area contributed by atoms with E-state index in [9.17, 15) is 4.79 Å². The van der Waals surface area contributed by atoms with Crippen molar-refractivity contribution in [1.82, 2.24) is 0 Å². The van der Waals surface area contributed by atoms with Crippen molar-refractivity contribution < 1.29 is 13.9 Å². The molecule has 16 heavy (non-hydrogen) atoms. The van der Waals surface area contributed by atoms with Gasteiger partial charge in [-0.3, -0.25) is 0 Å². The minimum atomic E-state index is -0.415. The average molecular weight is 239 g/mol. The Labute approximate surface area is 95.3 Å². The Kier molecular flexibility index (Phi) is 2.04. The Balaban J connectivity index is 2.39. The summed E-state index contributed by atoms with van der Waals surface area (Å²) in [7, 11) is 0. The lowest BCUT2D eigenvalue weighted by molar-refractivity contribution is 0.174. The van der Waals surface area contributed by atoms with Crippen LogP contribution in [0.2, 0.25) is 0 Å². The largest absolute Gasteiger partial charge is 0.454 e. The van der Waals surface area contributed by atoms with E-state index in [1.807, 2.05) is 0 Å². The Morgan fingerprint density at radius 2 is 1.94 bits per heavy atom. The Bertz CT molecular complexity index is 617. The molecule has 1 aliphatic heterocycles. The summed E-state index contributed by atoms with van der Waals surface area (Å²) in [6, 6.07) is 4.81. The third kappa shape index (κ3) is 1.34. The molecule has 4 nitrogen and oxygen atoms in total. The lowest BCUT2D eigenvalue weighted by Gasteiger charge is -2.03. The fourth-order valence-corrected chi connectivity index (χ4v) is 1.95. The molecule has 0 radical (unpaired) electrons. The van der Waals surface area contributed by atoms with Crippen LogP contribution in [0.5, 0.6) is 11.5 Å². The molecule has 82 valence electrons. The van der Waals surface area contributed by atoms with Crippen molar-refractivity contribution in [1.29, 1.82) is 0 Å². The number of halogens is 1. The summed E-state index contributed by atoms with van der Waals surface area (Å²) < 4.78 is 15.5. The van der Waals surface area contributed by atoms with Crippen LogP contribution >= 0.6 is 11.6 Å². The van der Waals surface area contributed by atoms with Gasteiger partial charge in [0.15, 0.2) is 11.5 Å². The lowest BCUT2D eigenvalue weighted by atomic mass is 10.1. The maximum atomic E-state index is 11.3. The first-order valence-corrected chi connectivity index (χ1v) is 5.24. The van der Waals surface area contributed by atoms with Crippen LogP contribution in [0.3, 0.4) is 0 Å². The van der Waals surface area contributed by atoms with Gasteiger partial charge in [-0.1, -0.05) is 0 Å². The van der Waals surface area contributed by atoms with E-state index in [1.54, 1.807) is 12.1 Å². The van der Waals surface area contributed by atoms with Gasteiger partial charge in [0.05, 0.1) is 0 Å². The summed E-state index contributed by atoms with van der Waals surface area (Å²) in [6.07, 6.45) is 0. The van der Waals surface area contributed by atoms with Gasteiger partial charge in [-0.25, -0.2) is 4.79 Å². The lowest BCUT2D eigenvalue weighted by Crippen LogP contribution is -1.99. The number of ether oxygens (including phenoxy) is 2.